The van der Waals surface area contributed by atoms with Crippen molar-refractivity contribution in [3.05, 3.63) is 0 Å². The molecule has 0 aliphatic carbocycles. The van der Waals surface area contributed by atoms with Gasteiger partial charge in [-0.05, 0) is 20.8 Å². The standard InChI is InChI=1S/C7H18N4O3S/c1-5(2)10-15(13,14)11(4)6(3)7(8)9-12/h5-6,10,12H,1-4H3,(H2,8,9). The predicted octanol–water partition coefficient (Wildman–Crippen LogP) is -0.704. The van der Waals surface area contributed by atoms with E-state index >= 15 is 0 Å². The van der Waals surface area contributed by atoms with Crippen LogP contribution in [-0.4, -0.2) is 42.9 Å². The van der Waals surface area contributed by atoms with Crippen molar-refractivity contribution in [2.45, 2.75) is 32.9 Å². The van der Waals surface area contributed by atoms with E-state index in [2.05, 4.69) is 9.88 Å². The molecule has 0 amide bonds. The molecular weight excluding hydrogens is 220 g/mol. The summed E-state index contributed by atoms with van der Waals surface area (Å²) in [5, 5.41) is 11.2. The highest BCUT2D eigenvalue weighted by atomic mass is 32.2. The predicted molar refractivity (Wildman–Crippen MR) is 57.8 cm³/mol. The average molecular weight is 238 g/mol. The first-order valence-corrected chi connectivity index (χ1v) is 5.89. The monoisotopic (exact) mass is 238 g/mol. The maximum Gasteiger partial charge on any atom is 0.280 e. The van der Waals surface area contributed by atoms with E-state index in [1.165, 1.54) is 14.0 Å². The third kappa shape index (κ3) is 4.02. The number of amidine groups is 1. The van der Waals surface area contributed by atoms with E-state index in [0.29, 0.717) is 0 Å². The summed E-state index contributed by atoms with van der Waals surface area (Å²) in [4.78, 5) is 0. The number of nitrogens with two attached hydrogens (primary N) is 1. The second-order valence-corrected chi connectivity index (χ2v) is 5.26. The van der Waals surface area contributed by atoms with Gasteiger partial charge in [0.2, 0.25) is 0 Å². The maximum absolute atomic E-state index is 11.6. The lowest BCUT2D eigenvalue weighted by Gasteiger charge is -2.24. The van der Waals surface area contributed by atoms with Crippen molar-refractivity contribution in [3.63, 3.8) is 0 Å². The first-order valence-electron chi connectivity index (χ1n) is 4.45. The molecule has 0 radical (unpaired) electrons. The Hall–Kier alpha value is -0.860. The zero-order valence-corrected chi connectivity index (χ0v) is 10.1. The fourth-order valence-corrected chi connectivity index (χ4v) is 2.15. The van der Waals surface area contributed by atoms with Gasteiger partial charge in [-0.25, -0.2) is 0 Å². The minimum absolute atomic E-state index is 0.161. The zero-order chi connectivity index (χ0) is 12.2. The summed E-state index contributed by atoms with van der Waals surface area (Å²) in [7, 11) is -2.25. The molecule has 0 bridgehead atoms. The molecule has 0 rings (SSSR count). The van der Waals surface area contributed by atoms with Crippen LogP contribution in [0.25, 0.3) is 0 Å². The van der Waals surface area contributed by atoms with Crippen LogP contribution in [0.4, 0.5) is 0 Å². The van der Waals surface area contributed by atoms with Crippen molar-refractivity contribution in [2.75, 3.05) is 7.05 Å². The van der Waals surface area contributed by atoms with Gasteiger partial charge in [-0.15, -0.1) is 0 Å². The molecule has 0 aromatic rings. The van der Waals surface area contributed by atoms with E-state index in [4.69, 9.17) is 10.9 Å². The van der Waals surface area contributed by atoms with Crippen LogP contribution < -0.4 is 10.5 Å². The van der Waals surface area contributed by atoms with Gasteiger partial charge in [0, 0.05) is 13.1 Å². The maximum atomic E-state index is 11.6. The third-order valence-corrected chi connectivity index (χ3v) is 3.70. The van der Waals surface area contributed by atoms with Crippen molar-refractivity contribution >= 4 is 16.0 Å². The Morgan fingerprint density at radius 3 is 2.27 bits per heavy atom. The van der Waals surface area contributed by atoms with E-state index in [0.717, 1.165) is 4.31 Å². The van der Waals surface area contributed by atoms with Crippen molar-refractivity contribution in [1.82, 2.24) is 9.03 Å². The summed E-state index contributed by atoms with van der Waals surface area (Å²) in [6, 6.07) is -0.914. The van der Waals surface area contributed by atoms with E-state index < -0.39 is 16.3 Å². The van der Waals surface area contributed by atoms with E-state index in [1.807, 2.05) is 0 Å². The molecular formula is C7H18N4O3S. The molecule has 7 nitrogen and oxygen atoms in total. The zero-order valence-electron chi connectivity index (χ0n) is 9.30. The Labute approximate surface area is 90.1 Å². The first kappa shape index (κ1) is 14.1. The van der Waals surface area contributed by atoms with Gasteiger partial charge in [-0.3, -0.25) is 0 Å². The van der Waals surface area contributed by atoms with Crippen LogP contribution in [0.1, 0.15) is 20.8 Å². The van der Waals surface area contributed by atoms with E-state index in [9.17, 15) is 8.42 Å². The molecule has 1 unspecified atom stereocenters. The molecule has 15 heavy (non-hydrogen) atoms. The summed E-state index contributed by atoms with van der Waals surface area (Å²) in [6.07, 6.45) is 0. The van der Waals surface area contributed by atoms with Gasteiger partial charge in [-0.2, -0.15) is 17.4 Å². The molecule has 1 atom stereocenters. The molecule has 0 aromatic heterocycles. The summed E-state index contributed by atoms with van der Waals surface area (Å²) in [5.74, 6) is -0.161. The number of nitrogens with one attached hydrogen (secondary N) is 1. The van der Waals surface area contributed by atoms with Crippen LogP contribution in [-0.2, 0) is 10.2 Å². The number of nitrogens with zero attached hydrogens (tertiary/aromatic N) is 2. The molecule has 8 heteroatoms. The lowest BCUT2D eigenvalue weighted by molar-refractivity contribution is 0.311. The number of hydrogen-bond acceptors (Lipinski definition) is 4. The Morgan fingerprint density at radius 1 is 1.47 bits per heavy atom. The van der Waals surface area contributed by atoms with Crippen molar-refractivity contribution in [3.8, 4) is 0 Å². The van der Waals surface area contributed by atoms with Crippen LogP contribution in [0, 0.1) is 0 Å². The van der Waals surface area contributed by atoms with Gasteiger partial charge < -0.3 is 10.9 Å². The number of hydrogen-bond donors (Lipinski definition) is 3. The molecule has 0 aliphatic rings. The van der Waals surface area contributed by atoms with Crippen molar-refractivity contribution in [2.24, 2.45) is 10.9 Å². The van der Waals surface area contributed by atoms with Gasteiger partial charge in [0.05, 0.1) is 6.04 Å². The average Bonchev–Trinajstić information content (AvgIpc) is 2.12. The second kappa shape index (κ2) is 5.29. The minimum Gasteiger partial charge on any atom is -0.409 e. The normalized spacial score (nSPS) is 16.0. The van der Waals surface area contributed by atoms with Crippen LogP contribution >= 0.6 is 0 Å². The lowest BCUT2D eigenvalue weighted by Crippen LogP contribution is -2.49. The Morgan fingerprint density at radius 2 is 1.93 bits per heavy atom. The second-order valence-electron chi connectivity index (χ2n) is 3.49. The SMILES string of the molecule is CC(C)NS(=O)(=O)N(C)C(C)C(N)=NO. The van der Waals surface area contributed by atoms with Gasteiger partial charge in [-0.1, -0.05) is 5.16 Å². The minimum atomic E-state index is -3.60. The lowest BCUT2D eigenvalue weighted by atomic mass is 10.3. The van der Waals surface area contributed by atoms with Crippen LogP contribution in [0.2, 0.25) is 0 Å². The largest absolute Gasteiger partial charge is 0.409 e. The van der Waals surface area contributed by atoms with Crippen LogP contribution in [0.15, 0.2) is 5.16 Å². The van der Waals surface area contributed by atoms with Crippen LogP contribution in [0.3, 0.4) is 0 Å². The molecule has 0 saturated heterocycles. The fraction of sp³-hybridized carbons (Fsp3) is 0.857. The molecule has 4 N–H and O–H groups in total. The summed E-state index contributed by atoms with van der Waals surface area (Å²) >= 11 is 0. The molecule has 0 saturated carbocycles. The van der Waals surface area contributed by atoms with Gasteiger partial charge in [0.25, 0.3) is 10.2 Å². The molecule has 0 spiro atoms. The number of likely N-dealkylation sites (N-methyl/N-ethyl adjacent to an activating group) is 1. The third-order valence-electron chi connectivity index (χ3n) is 1.85. The van der Waals surface area contributed by atoms with Gasteiger partial charge in [0.15, 0.2) is 5.84 Å². The summed E-state index contributed by atoms with van der Waals surface area (Å²) < 4.78 is 26.6. The smallest absolute Gasteiger partial charge is 0.280 e. The van der Waals surface area contributed by atoms with Gasteiger partial charge >= 0.3 is 0 Å². The Bertz CT molecular complexity index is 325. The van der Waals surface area contributed by atoms with Crippen molar-refractivity contribution in [1.29, 1.82) is 0 Å². The molecule has 90 valence electrons. The van der Waals surface area contributed by atoms with Crippen LogP contribution in [0.5, 0.6) is 0 Å². The van der Waals surface area contributed by atoms with E-state index in [-0.39, 0.29) is 11.9 Å². The highest BCUT2D eigenvalue weighted by molar-refractivity contribution is 7.87. The first-order chi connectivity index (χ1) is 6.72. The topological polar surface area (TPSA) is 108 Å². The molecule has 0 heterocycles. The number of rotatable bonds is 5. The fourth-order valence-electron chi connectivity index (χ4n) is 0.859. The van der Waals surface area contributed by atoms with Gasteiger partial charge in [0.1, 0.15) is 0 Å². The highest BCUT2D eigenvalue weighted by Gasteiger charge is 2.26. The van der Waals surface area contributed by atoms with E-state index in [1.54, 1.807) is 13.8 Å². The summed E-state index contributed by atoms with van der Waals surface area (Å²) in [6.45, 7) is 4.94. The molecule has 0 fully saturated rings. The number of oxime groups is 1. The Balaban J connectivity index is 4.78. The highest BCUT2D eigenvalue weighted by Crippen LogP contribution is 2.02. The van der Waals surface area contributed by atoms with Crippen molar-refractivity contribution < 1.29 is 13.6 Å². The Kier molecular flexibility index (Phi) is 4.98. The molecule has 0 aromatic carbocycles. The quantitative estimate of drug-likeness (QED) is 0.254. The summed E-state index contributed by atoms with van der Waals surface area (Å²) in [5.41, 5.74) is 5.31. The molecule has 0 aliphatic heterocycles.